The van der Waals surface area contributed by atoms with Gasteiger partial charge in [-0.15, -0.1) is 0 Å². The van der Waals surface area contributed by atoms with Crippen molar-refractivity contribution in [3.8, 4) is 0 Å². The molecular formula is C13H15F2NO3. The van der Waals surface area contributed by atoms with Crippen LogP contribution in [-0.2, 0) is 4.74 Å². The molecular weight excluding hydrogens is 256 g/mol. The summed E-state index contributed by atoms with van der Waals surface area (Å²) in [5, 5.41) is 8.73. The Bertz CT molecular complexity index is 507. The molecule has 0 aliphatic carbocycles. The van der Waals surface area contributed by atoms with Crippen LogP contribution in [0.5, 0.6) is 0 Å². The summed E-state index contributed by atoms with van der Waals surface area (Å²) in [6.07, 6.45) is 0.644. The van der Waals surface area contributed by atoms with E-state index in [1.165, 1.54) is 6.07 Å². The lowest BCUT2D eigenvalue weighted by atomic mass is 10.1. The number of carboxylic acids is 1. The van der Waals surface area contributed by atoms with Crippen molar-refractivity contribution in [2.45, 2.75) is 25.5 Å². The van der Waals surface area contributed by atoms with Crippen LogP contribution in [0.15, 0.2) is 12.1 Å². The number of likely N-dealkylation sites (N-methyl/N-ethyl adjacent to an activating group) is 1. The summed E-state index contributed by atoms with van der Waals surface area (Å²) in [5.74, 6) is -3.95. The van der Waals surface area contributed by atoms with Crippen molar-refractivity contribution in [1.82, 2.24) is 0 Å². The quantitative estimate of drug-likeness (QED) is 0.916. The van der Waals surface area contributed by atoms with Crippen LogP contribution in [-0.4, -0.2) is 36.9 Å². The number of aromatic carboxylic acids is 1. The van der Waals surface area contributed by atoms with E-state index in [1.54, 1.807) is 11.9 Å². The van der Waals surface area contributed by atoms with Crippen molar-refractivity contribution < 1.29 is 23.4 Å². The van der Waals surface area contributed by atoms with Gasteiger partial charge in [-0.1, -0.05) is 0 Å². The van der Waals surface area contributed by atoms with E-state index in [4.69, 9.17) is 9.84 Å². The van der Waals surface area contributed by atoms with Crippen molar-refractivity contribution in [2.24, 2.45) is 0 Å². The smallest absolute Gasteiger partial charge is 0.338 e. The molecule has 19 heavy (non-hydrogen) atoms. The Hall–Kier alpha value is -1.69. The highest BCUT2D eigenvalue weighted by Gasteiger charge is 2.30. The SMILES string of the molecule is CC1OCCC1N(C)c1ccc(C(=O)O)c(F)c1F. The fourth-order valence-electron chi connectivity index (χ4n) is 2.38. The predicted octanol–water partition coefficient (Wildman–Crippen LogP) is 2.28. The van der Waals surface area contributed by atoms with E-state index in [0.29, 0.717) is 6.61 Å². The van der Waals surface area contributed by atoms with Gasteiger partial charge in [0.2, 0.25) is 0 Å². The van der Waals surface area contributed by atoms with Gasteiger partial charge in [0.1, 0.15) is 0 Å². The summed E-state index contributed by atoms with van der Waals surface area (Å²) >= 11 is 0. The molecule has 2 atom stereocenters. The second kappa shape index (κ2) is 5.13. The third kappa shape index (κ3) is 2.40. The Kier molecular flexibility index (Phi) is 3.71. The molecule has 1 saturated heterocycles. The summed E-state index contributed by atoms with van der Waals surface area (Å²) in [7, 11) is 1.65. The van der Waals surface area contributed by atoms with Crippen molar-refractivity contribution >= 4 is 11.7 Å². The summed E-state index contributed by atoms with van der Waals surface area (Å²) in [6, 6.07) is 2.31. The number of halogens is 2. The van der Waals surface area contributed by atoms with Gasteiger partial charge in [0.05, 0.1) is 23.4 Å². The van der Waals surface area contributed by atoms with Gasteiger partial charge in [-0.05, 0) is 25.5 Å². The number of hydrogen-bond donors (Lipinski definition) is 1. The third-order valence-electron chi connectivity index (χ3n) is 3.51. The van der Waals surface area contributed by atoms with Gasteiger partial charge in [-0.25, -0.2) is 13.6 Å². The van der Waals surface area contributed by atoms with Gasteiger partial charge in [0, 0.05) is 13.7 Å². The van der Waals surface area contributed by atoms with E-state index >= 15 is 0 Å². The maximum absolute atomic E-state index is 13.9. The first kappa shape index (κ1) is 13.7. The highest BCUT2D eigenvalue weighted by atomic mass is 19.2. The first-order chi connectivity index (χ1) is 8.93. The van der Waals surface area contributed by atoms with Crippen molar-refractivity contribution in [3.63, 3.8) is 0 Å². The molecule has 6 heteroatoms. The summed E-state index contributed by atoms with van der Waals surface area (Å²) in [6.45, 7) is 2.45. The maximum Gasteiger partial charge on any atom is 0.338 e. The van der Waals surface area contributed by atoms with E-state index < -0.39 is 23.2 Å². The second-order valence-electron chi connectivity index (χ2n) is 4.61. The molecule has 104 valence electrons. The first-order valence-corrected chi connectivity index (χ1v) is 5.99. The molecule has 1 fully saturated rings. The number of benzene rings is 1. The molecule has 4 nitrogen and oxygen atoms in total. The lowest BCUT2D eigenvalue weighted by Gasteiger charge is -2.29. The summed E-state index contributed by atoms with van der Waals surface area (Å²) in [5.41, 5.74) is -0.616. The maximum atomic E-state index is 13.9. The number of carboxylic acid groups (broad SMARTS) is 1. The largest absolute Gasteiger partial charge is 0.478 e. The summed E-state index contributed by atoms with van der Waals surface area (Å²) in [4.78, 5) is 12.3. The zero-order valence-corrected chi connectivity index (χ0v) is 10.7. The third-order valence-corrected chi connectivity index (χ3v) is 3.51. The van der Waals surface area contributed by atoms with E-state index in [9.17, 15) is 13.6 Å². The lowest BCUT2D eigenvalue weighted by Crippen LogP contribution is -2.37. The molecule has 0 amide bonds. The molecule has 1 aromatic rings. The molecule has 0 bridgehead atoms. The van der Waals surface area contributed by atoms with Gasteiger partial charge in [0.25, 0.3) is 0 Å². The van der Waals surface area contributed by atoms with Crippen molar-refractivity contribution in [2.75, 3.05) is 18.6 Å². The molecule has 1 aromatic carbocycles. The zero-order chi connectivity index (χ0) is 14.2. The summed E-state index contributed by atoms with van der Waals surface area (Å²) < 4.78 is 33.0. The first-order valence-electron chi connectivity index (χ1n) is 5.99. The van der Waals surface area contributed by atoms with Crippen molar-refractivity contribution in [1.29, 1.82) is 0 Å². The van der Waals surface area contributed by atoms with Crippen LogP contribution in [0.4, 0.5) is 14.5 Å². The van der Waals surface area contributed by atoms with Crippen LogP contribution in [0.3, 0.4) is 0 Å². The van der Waals surface area contributed by atoms with Gasteiger partial charge in [0.15, 0.2) is 11.6 Å². The minimum atomic E-state index is -1.48. The lowest BCUT2D eigenvalue weighted by molar-refractivity contribution is 0.0690. The standard InChI is InChI=1S/C13H15F2NO3/c1-7-9(5-6-19-7)16(2)10-4-3-8(13(17)18)11(14)12(10)15/h3-4,7,9H,5-6H2,1-2H3,(H,17,18). The van der Waals surface area contributed by atoms with E-state index in [1.807, 2.05) is 6.92 Å². The minimum absolute atomic E-state index is 0.0462. The number of carbonyl (C=O) groups is 1. The van der Waals surface area contributed by atoms with Gasteiger partial charge < -0.3 is 14.7 Å². The van der Waals surface area contributed by atoms with Crippen LogP contribution in [0.25, 0.3) is 0 Å². The van der Waals surface area contributed by atoms with E-state index in [-0.39, 0.29) is 17.8 Å². The Morgan fingerprint density at radius 2 is 2.11 bits per heavy atom. The van der Waals surface area contributed by atoms with E-state index in [2.05, 4.69) is 0 Å². The van der Waals surface area contributed by atoms with Crippen LogP contribution < -0.4 is 4.90 Å². The average Bonchev–Trinajstić information content (AvgIpc) is 2.77. The number of nitrogens with zero attached hydrogens (tertiary/aromatic N) is 1. The zero-order valence-electron chi connectivity index (χ0n) is 10.7. The van der Waals surface area contributed by atoms with Crippen molar-refractivity contribution in [3.05, 3.63) is 29.3 Å². The Morgan fingerprint density at radius 1 is 1.42 bits per heavy atom. The fourth-order valence-corrected chi connectivity index (χ4v) is 2.38. The highest BCUT2D eigenvalue weighted by Crippen LogP contribution is 2.29. The number of hydrogen-bond acceptors (Lipinski definition) is 3. The minimum Gasteiger partial charge on any atom is -0.478 e. The second-order valence-corrected chi connectivity index (χ2v) is 4.61. The molecule has 0 spiro atoms. The molecule has 2 unspecified atom stereocenters. The molecule has 1 aliphatic rings. The topological polar surface area (TPSA) is 49.8 Å². The highest BCUT2D eigenvalue weighted by molar-refractivity contribution is 5.88. The Balaban J connectivity index is 2.35. The van der Waals surface area contributed by atoms with Crippen LogP contribution in [0, 0.1) is 11.6 Å². The number of ether oxygens (including phenoxy) is 1. The normalized spacial score (nSPS) is 22.5. The molecule has 1 heterocycles. The molecule has 0 saturated carbocycles. The monoisotopic (exact) mass is 271 g/mol. The predicted molar refractivity (Wildman–Crippen MR) is 65.5 cm³/mol. The van der Waals surface area contributed by atoms with E-state index in [0.717, 1.165) is 12.5 Å². The molecule has 2 rings (SSSR count). The molecule has 0 aromatic heterocycles. The van der Waals surface area contributed by atoms with Gasteiger partial charge in [-0.2, -0.15) is 0 Å². The Labute approximate surface area is 109 Å². The molecule has 0 radical (unpaired) electrons. The van der Waals surface area contributed by atoms with Gasteiger partial charge >= 0.3 is 5.97 Å². The Morgan fingerprint density at radius 3 is 2.63 bits per heavy atom. The number of rotatable bonds is 3. The molecule has 1 N–H and O–H groups in total. The van der Waals surface area contributed by atoms with Crippen LogP contribution >= 0.6 is 0 Å². The fraction of sp³-hybridized carbons (Fsp3) is 0.462. The number of anilines is 1. The van der Waals surface area contributed by atoms with Crippen LogP contribution in [0.2, 0.25) is 0 Å². The van der Waals surface area contributed by atoms with Crippen LogP contribution in [0.1, 0.15) is 23.7 Å². The molecule has 1 aliphatic heterocycles. The average molecular weight is 271 g/mol. The van der Waals surface area contributed by atoms with Gasteiger partial charge in [-0.3, -0.25) is 0 Å².